The quantitative estimate of drug-likeness (QED) is 0.607. The van der Waals surface area contributed by atoms with E-state index in [0.717, 1.165) is 0 Å². The van der Waals surface area contributed by atoms with Gasteiger partial charge in [0.25, 0.3) is 5.91 Å². The Morgan fingerprint density at radius 1 is 1.16 bits per heavy atom. The van der Waals surface area contributed by atoms with Gasteiger partial charge in [-0.15, -0.1) is 0 Å². The molecule has 4 rings (SSSR count). The minimum absolute atomic E-state index is 0.0405. The number of aliphatic hydroxyl groups is 1. The SMILES string of the molecule is O=C1CCc2c(F)cc(N3CC[C@@H](Oc4ccc(OCCOCCO)nc4)C3=O)cc21. The van der Waals surface area contributed by atoms with Crippen LogP contribution in [0.4, 0.5) is 10.1 Å². The standard InChI is InChI=1S/C22H23FN2O6/c23-18-12-14(11-17-16(18)2-3-19(17)27)25-6-5-20(22(25)28)31-15-1-4-21(24-13-15)30-10-9-29-8-7-26/h1,4,11-13,20,26H,2-3,5-10H2/t20-/m1/s1. The molecule has 9 heteroatoms. The van der Waals surface area contributed by atoms with E-state index in [2.05, 4.69) is 4.98 Å². The zero-order valence-corrected chi connectivity index (χ0v) is 16.9. The minimum Gasteiger partial charge on any atom is -0.479 e. The van der Waals surface area contributed by atoms with Crippen LogP contribution < -0.4 is 14.4 Å². The minimum atomic E-state index is -0.715. The topological polar surface area (TPSA) is 98.2 Å². The molecule has 1 aliphatic carbocycles. The van der Waals surface area contributed by atoms with Crippen LogP contribution in [0.2, 0.25) is 0 Å². The second kappa shape index (κ2) is 9.40. The van der Waals surface area contributed by atoms with Gasteiger partial charge in [-0.3, -0.25) is 9.59 Å². The molecular formula is C22H23FN2O6. The van der Waals surface area contributed by atoms with Crippen LogP contribution in [-0.4, -0.2) is 60.9 Å². The third-order valence-electron chi connectivity index (χ3n) is 5.25. The van der Waals surface area contributed by atoms with Gasteiger partial charge in [0.15, 0.2) is 11.9 Å². The second-order valence-electron chi connectivity index (χ2n) is 7.28. The highest BCUT2D eigenvalue weighted by atomic mass is 19.1. The zero-order chi connectivity index (χ0) is 21.8. The molecule has 2 aliphatic rings. The number of nitrogens with zero attached hydrogens (tertiary/aromatic N) is 2. The summed E-state index contributed by atoms with van der Waals surface area (Å²) in [6, 6.07) is 6.20. The summed E-state index contributed by atoms with van der Waals surface area (Å²) in [6.45, 7) is 1.22. The van der Waals surface area contributed by atoms with Crippen molar-refractivity contribution in [3.05, 3.63) is 47.4 Å². The molecule has 0 unspecified atom stereocenters. The smallest absolute Gasteiger partial charge is 0.268 e. The van der Waals surface area contributed by atoms with Gasteiger partial charge in [-0.1, -0.05) is 0 Å². The number of fused-ring (bicyclic) bond motifs is 1. The number of aromatic nitrogens is 1. The first-order chi connectivity index (χ1) is 15.1. The Hall–Kier alpha value is -3.04. The molecule has 1 saturated heterocycles. The van der Waals surface area contributed by atoms with E-state index in [4.69, 9.17) is 19.3 Å². The van der Waals surface area contributed by atoms with Gasteiger partial charge in [0.2, 0.25) is 5.88 Å². The molecule has 8 nitrogen and oxygen atoms in total. The number of pyridine rings is 1. The molecule has 1 fully saturated rings. The van der Waals surface area contributed by atoms with Crippen molar-refractivity contribution in [2.75, 3.05) is 37.9 Å². The van der Waals surface area contributed by atoms with Gasteiger partial charge in [-0.2, -0.15) is 0 Å². The molecule has 2 heterocycles. The lowest BCUT2D eigenvalue weighted by molar-refractivity contribution is -0.122. The fourth-order valence-electron chi connectivity index (χ4n) is 3.73. The number of carbonyl (C=O) groups excluding carboxylic acids is 2. The van der Waals surface area contributed by atoms with Crippen LogP contribution in [-0.2, 0) is 16.0 Å². The summed E-state index contributed by atoms with van der Waals surface area (Å²) in [4.78, 5) is 30.4. The average molecular weight is 430 g/mol. The molecule has 164 valence electrons. The number of Topliss-reactive ketones (excluding diaryl/α,β-unsaturated/α-hetero) is 1. The summed E-state index contributed by atoms with van der Waals surface area (Å²) in [6.07, 6.45) is 1.90. The highest BCUT2D eigenvalue weighted by Gasteiger charge is 2.36. The molecule has 0 saturated carbocycles. The Kier molecular flexibility index (Phi) is 6.43. The fraction of sp³-hybridized carbons (Fsp3) is 0.409. The molecular weight excluding hydrogens is 407 g/mol. The normalized spacial score (nSPS) is 17.9. The molecule has 0 radical (unpaired) electrons. The molecule has 2 aromatic rings. The van der Waals surface area contributed by atoms with Crippen LogP contribution in [0.3, 0.4) is 0 Å². The largest absolute Gasteiger partial charge is 0.479 e. The number of aliphatic hydroxyl groups excluding tert-OH is 1. The molecule has 31 heavy (non-hydrogen) atoms. The Morgan fingerprint density at radius 3 is 2.81 bits per heavy atom. The van der Waals surface area contributed by atoms with Crippen molar-refractivity contribution in [1.82, 2.24) is 4.98 Å². The van der Waals surface area contributed by atoms with Crippen LogP contribution >= 0.6 is 0 Å². The van der Waals surface area contributed by atoms with Gasteiger partial charge in [0.1, 0.15) is 18.2 Å². The molecule has 1 aromatic carbocycles. The van der Waals surface area contributed by atoms with Crippen molar-refractivity contribution in [3.63, 3.8) is 0 Å². The van der Waals surface area contributed by atoms with E-state index in [9.17, 15) is 14.0 Å². The van der Waals surface area contributed by atoms with Crippen molar-refractivity contribution in [2.45, 2.75) is 25.4 Å². The Morgan fingerprint density at radius 2 is 2.03 bits per heavy atom. The molecule has 1 aromatic heterocycles. The highest BCUT2D eigenvalue weighted by molar-refractivity contribution is 6.04. The third-order valence-corrected chi connectivity index (χ3v) is 5.25. The summed E-state index contributed by atoms with van der Waals surface area (Å²) < 4.78 is 30.7. The summed E-state index contributed by atoms with van der Waals surface area (Å²) in [7, 11) is 0. The van der Waals surface area contributed by atoms with E-state index in [1.165, 1.54) is 17.2 Å². The number of carbonyl (C=O) groups is 2. The maximum absolute atomic E-state index is 14.4. The Balaban J connectivity index is 1.35. The summed E-state index contributed by atoms with van der Waals surface area (Å²) in [5.41, 5.74) is 1.18. The van der Waals surface area contributed by atoms with Crippen molar-refractivity contribution >= 4 is 17.4 Å². The summed E-state index contributed by atoms with van der Waals surface area (Å²) in [5.74, 6) is -0.0243. The van der Waals surface area contributed by atoms with Crippen LogP contribution in [0.1, 0.15) is 28.8 Å². The molecule has 0 spiro atoms. The Bertz CT molecular complexity index is 965. The monoisotopic (exact) mass is 430 g/mol. The number of benzene rings is 1. The number of ketones is 1. The molecule has 1 aliphatic heterocycles. The Labute approximate surface area is 178 Å². The fourth-order valence-corrected chi connectivity index (χ4v) is 3.73. The van der Waals surface area contributed by atoms with E-state index < -0.39 is 11.9 Å². The first-order valence-electron chi connectivity index (χ1n) is 10.2. The number of ether oxygens (including phenoxy) is 3. The van der Waals surface area contributed by atoms with E-state index in [1.54, 1.807) is 18.2 Å². The third kappa shape index (κ3) is 4.67. The maximum Gasteiger partial charge on any atom is 0.268 e. The van der Waals surface area contributed by atoms with Gasteiger partial charge < -0.3 is 24.2 Å². The van der Waals surface area contributed by atoms with E-state index in [0.29, 0.717) is 67.5 Å². The number of halogens is 1. The lowest BCUT2D eigenvalue weighted by Gasteiger charge is -2.18. The zero-order valence-electron chi connectivity index (χ0n) is 16.9. The lowest BCUT2D eigenvalue weighted by Crippen LogP contribution is -2.32. The van der Waals surface area contributed by atoms with Crippen LogP contribution in [0, 0.1) is 5.82 Å². The maximum atomic E-state index is 14.4. The number of anilines is 1. The number of amides is 1. The van der Waals surface area contributed by atoms with Crippen LogP contribution in [0.15, 0.2) is 30.5 Å². The van der Waals surface area contributed by atoms with Crippen molar-refractivity contribution < 1.29 is 33.3 Å². The predicted molar refractivity (Wildman–Crippen MR) is 108 cm³/mol. The van der Waals surface area contributed by atoms with Gasteiger partial charge in [0.05, 0.1) is 26.0 Å². The average Bonchev–Trinajstić information content (AvgIpc) is 3.32. The summed E-state index contributed by atoms with van der Waals surface area (Å²) >= 11 is 0. The van der Waals surface area contributed by atoms with Gasteiger partial charge >= 0.3 is 0 Å². The van der Waals surface area contributed by atoms with Gasteiger partial charge in [0, 0.05) is 36.7 Å². The number of rotatable bonds is 9. The van der Waals surface area contributed by atoms with Crippen molar-refractivity contribution in [1.29, 1.82) is 0 Å². The lowest BCUT2D eigenvalue weighted by atomic mass is 10.1. The molecule has 1 N–H and O–H groups in total. The number of hydrogen-bond donors (Lipinski definition) is 1. The predicted octanol–water partition coefficient (Wildman–Crippen LogP) is 1.92. The van der Waals surface area contributed by atoms with E-state index >= 15 is 0 Å². The first-order valence-corrected chi connectivity index (χ1v) is 10.2. The second-order valence-corrected chi connectivity index (χ2v) is 7.28. The van der Waals surface area contributed by atoms with Gasteiger partial charge in [-0.05, 0) is 30.2 Å². The van der Waals surface area contributed by atoms with Crippen molar-refractivity contribution in [2.24, 2.45) is 0 Å². The van der Waals surface area contributed by atoms with Crippen LogP contribution in [0.25, 0.3) is 0 Å². The van der Waals surface area contributed by atoms with Crippen LogP contribution in [0.5, 0.6) is 11.6 Å². The molecule has 1 atom stereocenters. The van der Waals surface area contributed by atoms with Crippen molar-refractivity contribution in [3.8, 4) is 11.6 Å². The van der Waals surface area contributed by atoms with Gasteiger partial charge in [-0.25, -0.2) is 9.37 Å². The number of hydrogen-bond acceptors (Lipinski definition) is 7. The molecule has 1 amide bonds. The van der Waals surface area contributed by atoms with E-state index in [1.807, 2.05) is 0 Å². The highest BCUT2D eigenvalue weighted by Crippen LogP contribution is 2.32. The summed E-state index contributed by atoms with van der Waals surface area (Å²) in [5, 5.41) is 8.64. The molecule has 0 bridgehead atoms. The first kappa shape index (κ1) is 21.2. The van der Waals surface area contributed by atoms with E-state index in [-0.39, 0.29) is 24.9 Å².